The Labute approximate surface area is 245 Å². The van der Waals surface area contributed by atoms with Gasteiger partial charge in [0.15, 0.2) is 0 Å². The van der Waals surface area contributed by atoms with E-state index >= 15 is 4.39 Å². The number of carbonyl (C=O) groups excluding carboxylic acids is 2. The summed E-state index contributed by atoms with van der Waals surface area (Å²) in [6.07, 6.45) is -6.76. The number of halogens is 10. The smallest absolute Gasteiger partial charge is 0.354 e. The highest BCUT2D eigenvalue weighted by atomic mass is 35.5. The number of allylic oxidation sites excluding steroid dienone is 1. The quantitative estimate of drug-likeness (QED) is 0.224. The topological polar surface area (TPSA) is 58.2 Å². The number of alkyl halides is 6. The van der Waals surface area contributed by atoms with Crippen LogP contribution < -0.4 is 10.6 Å². The number of nitrogens with one attached hydrogen (secondary N) is 2. The van der Waals surface area contributed by atoms with Crippen LogP contribution in [0.2, 0.25) is 15.1 Å². The first-order valence-corrected chi connectivity index (χ1v) is 13.6. The Morgan fingerprint density at radius 1 is 1.00 bits per heavy atom. The van der Waals surface area contributed by atoms with Crippen LogP contribution in [-0.2, 0) is 11.0 Å². The molecule has 2 saturated carbocycles. The molecule has 1 unspecified atom stereocenters. The average Bonchev–Trinajstić information content (AvgIpc) is 3.63. The van der Waals surface area contributed by atoms with Crippen molar-refractivity contribution in [2.24, 2.45) is 5.92 Å². The zero-order valence-corrected chi connectivity index (χ0v) is 23.2. The van der Waals surface area contributed by atoms with Crippen LogP contribution in [0.3, 0.4) is 0 Å². The molecule has 222 valence electrons. The van der Waals surface area contributed by atoms with Gasteiger partial charge in [-0.05, 0) is 67.5 Å². The van der Waals surface area contributed by atoms with Gasteiger partial charge in [0.25, 0.3) is 5.91 Å². The maximum atomic E-state index is 15.1. The molecule has 2 N–H and O–H groups in total. The Morgan fingerprint density at radius 3 is 2.10 bits per heavy atom. The van der Waals surface area contributed by atoms with E-state index in [0.29, 0.717) is 18.5 Å². The summed E-state index contributed by atoms with van der Waals surface area (Å²) < 4.78 is 98.4. The molecule has 2 aliphatic carbocycles. The summed E-state index contributed by atoms with van der Waals surface area (Å²) in [5.74, 6) is -5.68. The second kappa shape index (κ2) is 11.6. The highest BCUT2D eigenvalue weighted by Gasteiger charge is 2.52. The maximum absolute atomic E-state index is 15.1. The van der Waals surface area contributed by atoms with E-state index in [1.165, 1.54) is 0 Å². The minimum absolute atomic E-state index is 0.0801. The number of amides is 2. The fourth-order valence-corrected chi connectivity index (χ4v) is 5.04. The normalized spacial score (nSPS) is 18.0. The van der Waals surface area contributed by atoms with Gasteiger partial charge in [-0.2, -0.15) is 26.3 Å². The molecule has 0 spiro atoms. The molecule has 1 atom stereocenters. The molecule has 4 nitrogen and oxygen atoms in total. The van der Waals surface area contributed by atoms with Crippen LogP contribution in [0.25, 0.3) is 5.83 Å². The van der Waals surface area contributed by atoms with E-state index in [1.54, 1.807) is 0 Å². The second-order valence-corrected chi connectivity index (χ2v) is 11.3. The molecule has 4 rings (SSSR count). The van der Waals surface area contributed by atoms with E-state index in [-0.39, 0.29) is 40.1 Å². The zero-order chi connectivity index (χ0) is 30.3. The first-order chi connectivity index (χ1) is 19.0. The number of hydrogen-bond acceptors (Lipinski definition) is 2. The minimum atomic E-state index is -5.17. The van der Waals surface area contributed by atoms with Crippen molar-refractivity contribution in [2.45, 2.75) is 55.9 Å². The lowest BCUT2D eigenvalue weighted by Crippen LogP contribution is -2.50. The second-order valence-electron chi connectivity index (χ2n) is 10.1. The summed E-state index contributed by atoms with van der Waals surface area (Å²) in [5.41, 5.74) is -5.29. The van der Waals surface area contributed by atoms with Gasteiger partial charge in [0.2, 0.25) is 5.91 Å². The number of carbonyl (C=O) groups is 2. The SMILES string of the molecule is O=C(NC1(C(=O)NCC2CCC2)CC1)c1ccc(/C(F)=C/C(c2cc(Cl)c(Cl)c(Cl)c2)C(F)(F)F)cc1C(F)(F)F. The van der Waals surface area contributed by atoms with Gasteiger partial charge in [-0.15, -0.1) is 0 Å². The summed E-state index contributed by atoms with van der Waals surface area (Å²) in [6, 6.07) is 3.29. The molecule has 2 fully saturated rings. The molecular weight excluding hydrogens is 624 g/mol. The highest BCUT2D eigenvalue weighted by Crippen LogP contribution is 2.43. The lowest BCUT2D eigenvalue weighted by atomic mass is 9.85. The van der Waals surface area contributed by atoms with E-state index < -0.39 is 63.7 Å². The first-order valence-electron chi connectivity index (χ1n) is 12.4. The number of benzene rings is 2. The predicted molar refractivity (Wildman–Crippen MR) is 141 cm³/mol. The van der Waals surface area contributed by atoms with Gasteiger partial charge in [-0.25, -0.2) is 4.39 Å². The summed E-state index contributed by atoms with van der Waals surface area (Å²) in [5, 5.41) is 4.17. The average molecular weight is 646 g/mol. The molecule has 0 bridgehead atoms. The summed E-state index contributed by atoms with van der Waals surface area (Å²) >= 11 is 17.4. The Hall–Kier alpha value is -2.50. The molecule has 2 aliphatic rings. The van der Waals surface area contributed by atoms with Gasteiger partial charge in [-0.3, -0.25) is 9.59 Å². The van der Waals surface area contributed by atoms with Gasteiger partial charge in [-0.1, -0.05) is 47.3 Å². The van der Waals surface area contributed by atoms with E-state index in [0.717, 1.165) is 37.5 Å². The molecule has 0 heterocycles. The number of hydrogen-bond donors (Lipinski definition) is 2. The zero-order valence-electron chi connectivity index (χ0n) is 21.0. The van der Waals surface area contributed by atoms with Crippen molar-refractivity contribution in [1.82, 2.24) is 10.6 Å². The van der Waals surface area contributed by atoms with Crippen molar-refractivity contribution in [3.05, 3.63) is 73.7 Å². The highest BCUT2D eigenvalue weighted by molar-refractivity contribution is 6.48. The van der Waals surface area contributed by atoms with Crippen molar-refractivity contribution in [3.63, 3.8) is 0 Å². The van der Waals surface area contributed by atoms with Crippen LogP contribution in [0.15, 0.2) is 36.4 Å². The molecule has 14 heteroatoms. The summed E-state index contributed by atoms with van der Waals surface area (Å²) in [7, 11) is 0. The Kier molecular flexibility index (Phi) is 8.93. The Balaban J connectivity index is 1.61. The van der Waals surface area contributed by atoms with E-state index in [2.05, 4.69) is 10.6 Å². The van der Waals surface area contributed by atoms with Crippen molar-refractivity contribution < 1.29 is 40.3 Å². The molecule has 0 radical (unpaired) electrons. The van der Waals surface area contributed by atoms with E-state index in [1.807, 2.05) is 0 Å². The lowest BCUT2D eigenvalue weighted by Gasteiger charge is -2.27. The van der Waals surface area contributed by atoms with E-state index in [9.17, 15) is 35.9 Å². The van der Waals surface area contributed by atoms with Gasteiger partial charge < -0.3 is 10.6 Å². The van der Waals surface area contributed by atoms with Gasteiger partial charge in [0.05, 0.1) is 26.2 Å². The molecule has 0 aliphatic heterocycles. The fraction of sp³-hybridized carbons (Fsp3) is 0.407. The van der Waals surface area contributed by atoms with Crippen LogP contribution in [0.1, 0.15) is 65.1 Å². The van der Waals surface area contributed by atoms with Crippen LogP contribution in [-0.4, -0.2) is 30.1 Å². The maximum Gasteiger partial charge on any atom is 0.417 e. The molecule has 0 aromatic heterocycles. The van der Waals surface area contributed by atoms with Crippen molar-refractivity contribution in [2.75, 3.05) is 6.54 Å². The van der Waals surface area contributed by atoms with Crippen LogP contribution >= 0.6 is 34.8 Å². The van der Waals surface area contributed by atoms with Gasteiger partial charge >= 0.3 is 12.4 Å². The minimum Gasteiger partial charge on any atom is -0.354 e. The third-order valence-electron chi connectivity index (χ3n) is 7.19. The van der Waals surface area contributed by atoms with Crippen LogP contribution in [0, 0.1) is 5.92 Å². The molecule has 41 heavy (non-hydrogen) atoms. The standard InChI is InChI=1S/C27H22Cl3F7N2O2/c28-19-9-15(10-20(29)22(19)30)17(26(32,33)34)11-21(31)14-4-5-16(18(8-14)27(35,36)37)23(40)39-25(6-7-25)24(41)38-12-13-2-1-3-13/h4-5,8-11,13,17H,1-3,6-7,12H2,(H,38,41)(H,39,40)/b21-11-. The molecule has 0 saturated heterocycles. The summed E-state index contributed by atoms with van der Waals surface area (Å²) in [6.45, 7) is 0.401. The predicted octanol–water partition coefficient (Wildman–Crippen LogP) is 8.50. The van der Waals surface area contributed by atoms with Crippen LogP contribution in [0.4, 0.5) is 30.7 Å². The molecule has 2 amide bonds. The molecule has 2 aromatic rings. The monoisotopic (exact) mass is 644 g/mol. The Morgan fingerprint density at radius 2 is 1.61 bits per heavy atom. The third-order valence-corrected chi connectivity index (χ3v) is 8.39. The summed E-state index contributed by atoms with van der Waals surface area (Å²) in [4.78, 5) is 25.5. The first kappa shape index (κ1) is 31.4. The van der Waals surface area contributed by atoms with E-state index in [4.69, 9.17) is 34.8 Å². The molecular formula is C27H22Cl3F7N2O2. The van der Waals surface area contributed by atoms with Gasteiger partial charge in [0, 0.05) is 12.1 Å². The third kappa shape index (κ3) is 7.11. The van der Waals surface area contributed by atoms with Crippen molar-refractivity contribution >= 4 is 52.4 Å². The molecule has 2 aromatic carbocycles. The fourth-order valence-electron chi connectivity index (χ4n) is 4.42. The lowest BCUT2D eigenvalue weighted by molar-refractivity contribution is -0.140. The van der Waals surface area contributed by atoms with Crippen molar-refractivity contribution in [1.29, 1.82) is 0 Å². The largest absolute Gasteiger partial charge is 0.417 e. The van der Waals surface area contributed by atoms with Crippen LogP contribution in [0.5, 0.6) is 0 Å². The number of rotatable bonds is 8. The van der Waals surface area contributed by atoms with Gasteiger partial charge in [0.1, 0.15) is 17.3 Å². The Bertz CT molecular complexity index is 1360. The van der Waals surface area contributed by atoms with Crippen molar-refractivity contribution in [3.8, 4) is 0 Å².